The molecule has 18 heavy (non-hydrogen) atoms. The molecule has 3 amide bonds. The van der Waals surface area contributed by atoms with E-state index in [-0.39, 0.29) is 12.3 Å². The molecule has 0 spiro atoms. The van der Waals surface area contributed by atoms with Gasteiger partial charge in [-0.1, -0.05) is 0 Å². The molecule has 1 fully saturated rings. The van der Waals surface area contributed by atoms with Crippen LogP contribution in [0.5, 0.6) is 0 Å². The molecule has 1 aliphatic heterocycles. The Morgan fingerprint density at radius 2 is 2.17 bits per heavy atom. The monoisotopic (exact) mass is 308 g/mol. The number of nitrogens with zero attached hydrogens (tertiary/aromatic N) is 3. The zero-order valence-corrected chi connectivity index (χ0v) is 10.8. The maximum atomic E-state index is 11.8. The van der Waals surface area contributed by atoms with Crippen molar-refractivity contribution in [3.05, 3.63) is 29.0 Å². The lowest BCUT2D eigenvalue weighted by atomic mass is 10.3. The minimum Gasteiger partial charge on any atom is -0.285 e. The van der Waals surface area contributed by atoms with Gasteiger partial charge in [-0.15, -0.1) is 0 Å². The summed E-state index contributed by atoms with van der Waals surface area (Å²) in [5, 5.41) is 2.28. The molecule has 0 atom stereocenters. The van der Waals surface area contributed by atoms with Crippen LogP contribution < -0.4 is 10.2 Å². The second-order valence-electron chi connectivity index (χ2n) is 3.96. The summed E-state index contributed by atoms with van der Waals surface area (Å²) in [6, 6.07) is 3.37. The molecule has 0 saturated carbocycles. The van der Waals surface area contributed by atoms with Gasteiger partial charge in [-0.2, -0.15) is 0 Å². The number of halogens is 1. The third kappa shape index (κ3) is 1.76. The quantitative estimate of drug-likeness (QED) is 0.869. The van der Waals surface area contributed by atoms with Crippen molar-refractivity contribution in [1.29, 1.82) is 0 Å². The summed E-state index contributed by atoms with van der Waals surface area (Å²) in [4.78, 5) is 28.6. The van der Waals surface area contributed by atoms with Gasteiger partial charge in [0.25, 0.3) is 0 Å². The van der Waals surface area contributed by atoms with E-state index in [4.69, 9.17) is 0 Å². The maximum absolute atomic E-state index is 11.8. The average molecular weight is 309 g/mol. The molecule has 3 heterocycles. The topological polar surface area (TPSA) is 66.7 Å². The number of nitrogens with one attached hydrogen (secondary N) is 1. The number of urea groups is 1. The molecular weight excluding hydrogens is 300 g/mol. The molecular formula is C11H9BrN4O2. The van der Waals surface area contributed by atoms with Crippen LogP contribution in [0.2, 0.25) is 0 Å². The molecule has 92 valence electrons. The van der Waals surface area contributed by atoms with E-state index >= 15 is 0 Å². The van der Waals surface area contributed by atoms with E-state index in [9.17, 15) is 9.59 Å². The number of aromatic nitrogens is 2. The number of anilines is 1. The fourth-order valence-corrected chi connectivity index (χ4v) is 2.24. The molecule has 1 N–H and O–H groups in total. The van der Waals surface area contributed by atoms with E-state index in [2.05, 4.69) is 26.2 Å². The van der Waals surface area contributed by atoms with Crippen LogP contribution in [0, 0.1) is 0 Å². The van der Waals surface area contributed by atoms with E-state index in [0.29, 0.717) is 12.5 Å². The lowest BCUT2D eigenvalue weighted by Gasteiger charge is -2.24. The molecule has 0 aromatic carbocycles. The molecule has 1 saturated heterocycles. The van der Waals surface area contributed by atoms with Crippen LogP contribution in [0.1, 0.15) is 6.42 Å². The largest absolute Gasteiger partial charge is 0.330 e. The van der Waals surface area contributed by atoms with Gasteiger partial charge in [0, 0.05) is 23.6 Å². The molecule has 1 aliphatic rings. The van der Waals surface area contributed by atoms with Gasteiger partial charge in [-0.25, -0.2) is 9.78 Å². The molecule has 2 aromatic heterocycles. The van der Waals surface area contributed by atoms with Crippen molar-refractivity contribution in [2.75, 3.05) is 11.4 Å². The molecule has 6 nitrogen and oxygen atoms in total. The van der Waals surface area contributed by atoms with E-state index in [1.807, 2.05) is 18.3 Å². The van der Waals surface area contributed by atoms with Crippen LogP contribution in [0.4, 0.5) is 10.7 Å². The zero-order chi connectivity index (χ0) is 12.7. The van der Waals surface area contributed by atoms with Crippen LogP contribution in [0.3, 0.4) is 0 Å². The third-order valence-corrected chi connectivity index (χ3v) is 3.24. The molecule has 0 unspecified atom stereocenters. The van der Waals surface area contributed by atoms with Crippen molar-refractivity contribution in [3.63, 3.8) is 0 Å². The number of pyridine rings is 1. The van der Waals surface area contributed by atoms with Crippen LogP contribution in [-0.4, -0.2) is 27.9 Å². The normalized spacial score (nSPS) is 16.2. The van der Waals surface area contributed by atoms with Crippen LogP contribution in [0.15, 0.2) is 29.0 Å². The molecule has 2 aromatic rings. The maximum Gasteiger partial charge on any atom is 0.330 e. The summed E-state index contributed by atoms with van der Waals surface area (Å²) < 4.78 is 2.70. The fraction of sp³-hybridized carbons (Fsp3) is 0.182. The number of imidazole rings is 1. The Balaban J connectivity index is 2.06. The number of hydrogen-bond donors (Lipinski definition) is 1. The zero-order valence-electron chi connectivity index (χ0n) is 9.26. The smallest absolute Gasteiger partial charge is 0.285 e. The lowest BCUT2D eigenvalue weighted by Crippen LogP contribution is -2.50. The predicted octanol–water partition coefficient (Wildman–Crippen LogP) is 1.54. The number of amides is 3. The molecule has 0 bridgehead atoms. The van der Waals surface area contributed by atoms with Crippen LogP contribution in [-0.2, 0) is 4.79 Å². The molecule has 0 aliphatic carbocycles. The summed E-state index contributed by atoms with van der Waals surface area (Å²) in [5.74, 6) is 0.259. The van der Waals surface area contributed by atoms with Gasteiger partial charge in [-0.05, 0) is 28.1 Å². The average Bonchev–Trinajstić information content (AvgIpc) is 2.72. The highest BCUT2D eigenvalue weighted by molar-refractivity contribution is 9.10. The summed E-state index contributed by atoms with van der Waals surface area (Å²) in [7, 11) is 0. The van der Waals surface area contributed by atoms with Gasteiger partial charge in [0.2, 0.25) is 11.9 Å². The second kappa shape index (κ2) is 4.09. The van der Waals surface area contributed by atoms with E-state index in [1.165, 1.54) is 4.90 Å². The fourth-order valence-electron chi connectivity index (χ4n) is 1.91. The first kappa shape index (κ1) is 11.2. The minimum atomic E-state index is -0.432. The van der Waals surface area contributed by atoms with Gasteiger partial charge in [0.05, 0.1) is 11.7 Å². The number of imide groups is 1. The first-order valence-electron chi connectivity index (χ1n) is 5.39. The molecule has 3 rings (SSSR count). The van der Waals surface area contributed by atoms with Gasteiger partial charge >= 0.3 is 6.03 Å². The van der Waals surface area contributed by atoms with Crippen molar-refractivity contribution < 1.29 is 9.59 Å². The number of rotatable bonds is 1. The Bertz CT molecular complexity index is 652. The van der Waals surface area contributed by atoms with E-state index in [0.717, 1.165) is 9.99 Å². The van der Waals surface area contributed by atoms with Gasteiger partial charge in [0.15, 0.2) is 0 Å². The van der Waals surface area contributed by atoms with Crippen molar-refractivity contribution in [1.82, 2.24) is 14.7 Å². The second-order valence-corrected chi connectivity index (χ2v) is 4.87. The highest BCUT2D eigenvalue weighted by Gasteiger charge is 2.26. The Hall–Kier alpha value is -1.89. The Kier molecular flexibility index (Phi) is 2.55. The predicted molar refractivity (Wildman–Crippen MR) is 68.4 cm³/mol. The number of fused-ring (bicyclic) bond motifs is 1. The van der Waals surface area contributed by atoms with Gasteiger partial charge in [-0.3, -0.25) is 19.4 Å². The summed E-state index contributed by atoms with van der Waals surface area (Å²) in [6.07, 6.45) is 3.81. The highest BCUT2D eigenvalue weighted by Crippen LogP contribution is 2.20. The molecule has 0 radical (unpaired) electrons. The van der Waals surface area contributed by atoms with Crippen molar-refractivity contribution in [2.45, 2.75) is 6.42 Å². The van der Waals surface area contributed by atoms with E-state index in [1.54, 1.807) is 10.6 Å². The van der Waals surface area contributed by atoms with Gasteiger partial charge < -0.3 is 0 Å². The SMILES string of the molecule is O=C1CCN(c2ncc3ccc(Br)cn23)C(=O)N1. The standard InChI is InChI=1S/C11H9BrN4O2/c12-7-1-2-8-5-13-10(16(8)6-7)15-4-3-9(17)14-11(15)18/h1-2,5-6H,3-4H2,(H,14,17,18). The summed E-state index contributed by atoms with van der Waals surface area (Å²) >= 11 is 3.38. The Morgan fingerprint density at radius 1 is 1.33 bits per heavy atom. The highest BCUT2D eigenvalue weighted by atomic mass is 79.9. The van der Waals surface area contributed by atoms with Gasteiger partial charge in [0.1, 0.15) is 0 Å². The number of hydrogen-bond acceptors (Lipinski definition) is 3. The Morgan fingerprint density at radius 3 is 2.94 bits per heavy atom. The minimum absolute atomic E-state index is 0.252. The molecule has 7 heteroatoms. The van der Waals surface area contributed by atoms with Crippen LogP contribution >= 0.6 is 15.9 Å². The lowest BCUT2D eigenvalue weighted by molar-refractivity contribution is -0.120. The first-order valence-corrected chi connectivity index (χ1v) is 6.18. The van der Waals surface area contributed by atoms with E-state index < -0.39 is 6.03 Å². The third-order valence-electron chi connectivity index (χ3n) is 2.77. The van der Waals surface area contributed by atoms with Crippen LogP contribution in [0.25, 0.3) is 5.52 Å². The summed E-state index contributed by atoms with van der Waals surface area (Å²) in [6.45, 7) is 0.344. The number of carbonyl (C=O) groups is 2. The summed E-state index contributed by atoms with van der Waals surface area (Å²) in [5.41, 5.74) is 0.887. The number of carbonyl (C=O) groups excluding carboxylic acids is 2. The van der Waals surface area contributed by atoms with Crippen molar-refractivity contribution in [2.24, 2.45) is 0 Å². The first-order chi connectivity index (χ1) is 8.65. The Labute approximate surface area is 111 Å². The van der Waals surface area contributed by atoms with Crippen molar-refractivity contribution in [3.8, 4) is 0 Å². The van der Waals surface area contributed by atoms with Crippen molar-refractivity contribution >= 4 is 39.3 Å².